The van der Waals surface area contributed by atoms with E-state index in [-0.39, 0.29) is 34.0 Å². The fourth-order valence-corrected chi connectivity index (χ4v) is 4.12. The first kappa shape index (κ1) is 26.6. The normalized spacial score (nSPS) is 13.3. The van der Waals surface area contributed by atoms with Crippen molar-refractivity contribution in [1.29, 1.82) is 0 Å². The van der Waals surface area contributed by atoms with Crippen LogP contribution >= 0.6 is 11.6 Å². The van der Waals surface area contributed by atoms with Crippen molar-refractivity contribution in [2.75, 3.05) is 15.5 Å². The molecule has 0 aromatic heterocycles. The lowest BCUT2D eigenvalue weighted by Crippen LogP contribution is -2.32. The van der Waals surface area contributed by atoms with E-state index in [0.717, 1.165) is 16.0 Å². The quantitative estimate of drug-likeness (QED) is 0.305. The van der Waals surface area contributed by atoms with Gasteiger partial charge in [0.2, 0.25) is 0 Å². The summed E-state index contributed by atoms with van der Waals surface area (Å²) in [5, 5.41) is 5.48. The second-order valence-electron chi connectivity index (χ2n) is 9.11. The third-order valence-electron chi connectivity index (χ3n) is 5.76. The molecule has 8 nitrogen and oxygen atoms in total. The van der Waals surface area contributed by atoms with Gasteiger partial charge in [0.1, 0.15) is 10.7 Å². The van der Waals surface area contributed by atoms with Gasteiger partial charge in [-0.1, -0.05) is 35.4 Å². The number of nitrogens with one attached hydrogen (secondary N) is 2. The number of rotatable bonds is 7. The van der Waals surface area contributed by atoms with Crippen LogP contribution in [0.15, 0.2) is 77.5 Å². The highest BCUT2D eigenvalue weighted by Gasteiger charge is 2.39. The number of ether oxygens (including phenoxy) is 1. The molecule has 1 aliphatic heterocycles. The Kier molecular flexibility index (Phi) is 7.64. The minimum Gasteiger partial charge on any atom is -0.459 e. The van der Waals surface area contributed by atoms with Gasteiger partial charge in [-0.05, 0) is 81.8 Å². The van der Waals surface area contributed by atoms with Crippen molar-refractivity contribution in [1.82, 2.24) is 0 Å². The minimum absolute atomic E-state index is 0.119. The Balaban J connectivity index is 1.50. The van der Waals surface area contributed by atoms with E-state index in [0.29, 0.717) is 16.9 Å². The van der Waals surface area contributed by atoms with Crippen LogP contribution in [0.1, 0.15) is 45.7 Å². The number of amides is 3. The molecule has 1 aliphatic rings. The average Bonchev–Trinajstić information content (AvgIpc) is 3.08. The second kappa shape index (κ2) is 10.9. The monoisotopic (exact) mass is 531 g/mol. The zero-order valence-electron chi connectivity index (χ0n) is 21.3. The van der Waals surface area contributed by atoms with Gasteiger partial charge in [-0.15, -0.1) is 0 Å². The summed E-state index contributed by atoms with van der Waals surface area (Å²) in [5.74, 6) is -2.21. The third kappa shape index (κ3) is 5.60. The number of halogens is 1. The summed E-state index contributed by atoms with van der Waals surface area (Å²) in [6, 6.07) is 18.1. The topological polar surface area (TPSA) is 105 Å². The molecule has 194 valence electrons. The first-order chi connectivity index (χ1) is 18.0. The fourth-order valence-electron chi connectivity index (χ4n) is 3.91. The van der Waals surface area contributed by atoms with E-state index in [1.807, 2.05) is 32.0 Å². The maximum atomic E-state index is 13.1. The number of anilines is 3. The Labute approximate surface area is 225 Å². The molecule has 0 atom stereocenters. The maximum Gasteiger partial charge on any atom is 0.338 e. The molecule has 3 aromatic carbocycles. The molecule has 0 unspecified atom stereocenters. The van der Waals surface area contributed by atoms with E-state index in [1.54, 1.807) is 38.1 Å². The number of esters is 1. The molecular weight excluding hydrogens is 506 g/mol. The Bertz CT molecular complexity index is 1480. The Morgan fingerprint density at radius 1 is 0.895 bits per heavy atom. The molecule has 3 aromatic rings. The smallest absolute Gasteiger partial charge is 0.338 e. The van der Waals surface area contributed by atoms with Crippen LogP contribution in [0.2, 0.25) is 0 Å². The van der Waals surface area contributed by atoms with E-state index < -0.39 is 17.8 Å². The molecule has 38 heavy (non-hydrogen) atoms. The molecule has 0 aliphatic carbocycles. The summed E-state index contributed by atoms with van der Waals surface area (Å²) in [4.78, 5) is 51.8. The highest BCUT2D eigenvalue weighted by Crippen LogP contribution is 2.30. The van der Waals surface area contributed by atoms with Crippen LogP contribution in [0.4, 0.5) is 17.1 Å². The lowest BCUT2D eigenvalue weighted by molar-refractivity contribution is -0.120. The van der Waals surface area contributed by atoms with Crippen molar-refractivity contribution in [2.24, 2.45) is 0 Å². The van der Waals surface area contributed by atoms with Gasteiger partial charge in [-0.25, -0.2) is 9.69 Å². The van der Waals surface area contributed by atoms with Gasteiger partial charge >= 0.3 is 5.97 Å². The van der Waals surface area contributed by atoms with Gasteiger partial charge in [0.25, 0.3) is 17.7 Å². The van der Waals surface area contributed by atoms with Gasteiger partial charge in [-0.2, -0.15) is 0 Å². The van der Waals surface area contributed by atoms with Crippen LogP contribution in [0.3, 0.4) is 0 Å². The predicted molar refractivity (Wildman–Crippen MR) is 146 cm³/mol. The molecule has 1 heterocycles. The van der Waals surface area contributed by atoms with Crippen molar-refractivity contribution in [2.45, 2.75) is 33.8 Å². The molecule has 2 N–H and O–H groups in total. The highest BCUT2D eigenvalue weighted by atomic mass is 35.5. The molecule has 0 radical (unpaired) electrons. The summed E-state index contributed by atoms with van der Waals surface area (Å²) in [6.45, 7) is 7.36. The number of nitrogens with zero attached hydrogens (tertiary/aromatic N) is 1. The first-order valence-corrected chi connectivity index (χ1v) is 12.3. The molecule has 0 bridgehead atoms. The average molecular weight is 532 g/mol. The van der Waals surface area contributed by atoms with Crippen LogP contribution in [0.5, 0.6) is 0 Å². The van der Waals surface area contributed by atoms with E-state index in [2.05, 4.69) is 10.6 Å². The zero-order chi connectivity index (χ0) is 27.6. The fraction of sp³-hybridized carbons (Fsp3) is 0.172. The Morgan fingerprint density at radius 2 is 1.61 bits per heavy atom. The van der Waals surface area contributed by atoms with E-state index >= 15 is 0 Å². The third-order valence-corrected chi connectivity index (χ3v) is 6.11. The van der Waals surface area contributed by atoms with Crippen LogP contribution in [-0.2, 0) is 14.3 Å². The molecule has 0 spiro atoms. The summed E-state index contributed by atoms with van der Waals surface area (Å²) >= 11 is 6.25. The van der Waals surface area contributed by atoms with Crippen molar-refractivity contribution in [3.05, 3.63) is 99.7 Å². The van der Waals surface area contributed by atoms with Crippen LogP contribution < -0.4 is 15.5 Å². The maximum absolute atomic E-state index is 13.1. The van der Waals surface area contributed by atoms with Crippen molar-refractivity contribution in [3.8, 4) is 0 Å². The Morgan fingerprint density at radius 3 is 2.26 bits per heavy atom. The summed E-state index contributed by atoms with van der Waals surface area (Å²) in [5.41, 5.74) is 3.89. The number of carbonyl (C=O) groups excluding carboxylic acids is 4. The van der Waals surface area contributed by atoms with E-state index in [1.165, 1.54) is 24.3 Å². The number of aryl methyl sites for hydroxylation is 2. The van der Waals surface area contributed by atoms with Crippen LogP contribution in [0, 0.1) is 13.8 Å². The number of hydrogen-bond acceptors (Lipinski definition) is 6. The molecule has 3 amide bonds. The largest absolute Gasteiger partial charge is 0.459 e. The molecule has 0 fully saturated rings. The predicted octanol–water partition coefficient (Wildman–Crippen LogP) is 5.56. The van der Waals surface area contributed by atoms with Gasteiger partial charge in [0.15, 0.2) is 0 Å². The molecule has 4 rings (SSSR count). The van der Waals surface area contributed by atoms with Crippen LogP contribution in [0.25, 0.3) is 0 Å². The first-order valence-electron chi connectivity index (χ1n) is 11.9. The van der Waals surface area contributed by atoms with Gasteiger partial charge < -0.3 is 15.4 Å². The van der Waals surface area contributed by atoms with Crippen LogP contribution in [-0.4, -0.2) is 29.8 Å². The highest BCUT2D eigenvalue weighted by molar-refractivity contribution is 6.53. The van der Waals surface area contributed by atoms with Gasteiger partial charge in [0.05, 0.1) is 17.4 Å². The van der Waals surface area contributed by atoms with Gasteiger partial charge in [-0.3, -0.25) is 14.4 Å². The number of imide groups is 1. The summed E-state index contributed by atoms with van der Waals surface area (Å²) in [6.07, 6.45) is -0.281. The van der Waals surface area contributed by atoms with E-state index in [9.17, 15) is 19.2 Å². The SMILES string of the molecule is Cc1ccc(NC(=O)c2cccc(NC3=C(Cl)C(=O)N(c4ccc(C(=O)OC(C)C)cc4)C3=O)c2)c(C)c1. The summed E-state index contributed by atoms with van der Waals surface area (Å²) in [7, 11) is 0. The van der Waals surface area contributed by atoms with Crippen molar-refractivity contribution >= 4 is 52.4 Å². The number of benzene rings is 3. The lowest BCUT2D eigenvalue weighted by atomic mass is 10.1. The molecule has 0 saturated carbocycles. The van der Waals surface area contributed by atoms with E-state index in [4.69, 9.17) is 16.3 Å². The molecular formula is C29H26ClN3O5. The minimum atomic E-state index is -0.708. The van der Waals surface area contributed by atoms with Gasteiger partial charge in [0, 0.05) is 16.9 Å². The lowest BCUT2D eigenvalue weighted by Gasteiger charge is -2.16. The molecule has 9 heteroatoms. The van der Waals surface area contributed by atoms with Crippen molar-refractivity contribution in [3.63, 3.8) is 0 Å². The van der Waals surface area contributed by atoms with Crippen molar-refractivity contribution < 1.29 is 23.9 Å². The number of hydrogen-bond donors (Lipinski definition) is 2. The zero-order valence-corrected chi connectivity index (χ0v) is 22.1. The summed E-state index contributed by atoms with van der Waals surface area (Å²) < 4.78 is 5.16. The Hall–Kier alpha value is -4.43. The second-order valence-corrected chi connectivity index (χ2v) is 9.49. The molecule has 0 saturated heterocycles. The standard InChI is InChI=1S/C29H26ClN3O5/c1-16(2)38-29(37)19-9-11-22(12-10-19)33-27(35)24(30)25(28(33)36)31-21-7-5-6-20(15-21)26(34)32-23-13-8-17(3)14-18(23)4/h5-16,31H,1-4H3,(H,32,34). The number of carbonyl (C=O) groups is 4.